The lowest BCUT2D eigenvalue weighted by Crippen LogP contribution is -2.42. The van der Waals surface area contributed by atoms with Crippen LogP contribution in [-0.2, 0) is 0 Å². The summed E-state index contributed by atoms with van der Waals surface area (Å²) >= 11 is 1.04. The smallest absolute Gasteiger partial charge is 0.235 e. The van der Waals surface area contributed by atoms with E-state index in [1.807, 2.05) is 0 Å². The third-order valence-electron chi connectivity index (χ3n) is 2.65. The molecule has 1 aliphatic rings. The van der Waals surface area contributed by atoms with Crippen LogP contribution in [0.3, 0.4) is 0 Å². The van der Waals surface area contributed by atoms with Gasteiger partial charge >= 0.3 is 11.8 Å². The number of halogens is 6. The van der Waals surface area contributed by atoms with E-state index in [2.05, 4.69) is 0 Å². The maximum absolute atomic E-state index is 13.3. The van der Waals surface area contributed by atoms with Gasteiger partial charge in [-0.2, -0.15) is 17.6 Å². The Balaban J connectivity index is 2.63. The highest BCUT2D eigenvalue weighted by Gasteiger charge is 2.72. The van der Waals surface area contributed by atoms with Gasteiger partial charge in [0.05, 0.1) is 0 Å². The van der Waals surface area contributed by atoms with Crippen molar-refractivity contribution in [3.63, 3.8) is 0 Å². The maximum atomic E-state index is 13.3. The van der Waals surface area contributed by atoms with Gasteiger partial charge < -0.3 is 0 Å². The van der Waals surface area contributed by atoms with Gasteiger partial charge in [-0.1, -0.05) is 0 Å². The summed E-state index contributed by atoms with van der Waals surface area (Å²) in [6, 6.07) is 1.15. The molecule has 1 aliphatic carbocycles. The molecule has 1 aromatic rings. The van der Waals surface area contributed by atoms with Crippen molar-refractivity contribution in [1.29, 1.82) is 0 Å². The van der Waals surface area contributed by atoms with Crippen molar-refractivity contribution in [3.8, 4) is 0 Å². The lowest BCUT2D eigenvalue weighted by molar-refractivity contribution is -0.203. The number of aryl methyl sites for hydroxylation is 1. The Bertz CT molecular complexity index is 487. The first-order chi connectivity index (χ1) is 7.71. The quantitative estimate of drug-likeness (QED) is 0.666. The van der Waals surface area contributed by atoms with Crippen molar-refractivity contribution in [2.75, 3.05) is 0 Å². The van der Waals surface area contributed by atoms with Crippen LogP contribution in [0, 0.1) is 6.92 Å². The lowest BCUT2D eigenvalue weighted by atomic mass is 10.0. The Morgan fingerprint density at radius 1 is 1.24 bits per heavy atom. The lowest BCUT2D eigenvalue weighted by Gasteiger charge is -2.19. The molecular formula is C10H6F6S. The molecule has 94 valence electrons. The Morgan fingerprint density at radius 3 is 2.18 bits per heavy atom. The van der Waals surface area contributed by atoms with Crippen LogP contribution in [0.2, 0.25) is 0 Å². The summed E-state index contributed by atoms with van der Waals surface area (Å²) in [6.07, 6.45) is -3.33. The molecule has 0 N–H and O–H groups in total. The molecule has 2 rings (SSSR count). The SMILES string of the molecule is Cc1sccc1C1=C(F)C(F)(F)C(F)(F)C1F. The molecule has 0 nitrogen and oxygen atoms in total. The van der Waals surface area contributed by atoms with Crippen LogP contribution in [0.5, 0.6) is 0 Å². The van der Waals surface area contributed by atoms with Gasteiger partial charge in [0.15, 0.2) is 12.0 Å². The Hall–Kier alpha value is -0.980. The van der Waals surface area contributed by atoms with Crippen molar-refractivity contribution in [3.05, 3.63) is 27.7 Å². The van der Waals surface area contributed by atoms with Crippen molar-refractivity contribution in [2.24, 2.45) is 0 Å². The molecule has 17 heavy (non-hydrogen) atoms. The monoisotopic (exact) mass is 272 g/mol. The van der Waals surface area contributed by atoms with E-state index < -0.39 is 29.4 Å². The number of alkyl halides is 5. The zero-order chi connectivity index (χ0) is 13.0. The average molecular weight is 272 g/mol. The topological polar surface area (TPSA) is 0 Å². The molecule has 1 atom stereocenters. The summed E-state index contributed by atoms with van der Waals surface area (Å²) in [7, 11) is 0. The summed E-state index contributed by atoms with van der Waals surface area (Å²) in [6.45, 7) is 1.42. The fourth-order valence-electron chi connectivity index (χ4n) is 1.69. The minimum absolute atomic E-state index is 0.225. The van der Waals surface area contributed by atoms with Crippen molar-refractivity contribution in [1.82, 2.24) is 0 Å². The molecule has 0 saturated carbocycles. The predicted octanol–water partition coefficient (Wildman–Crippen LogP) is 4.36. The summed E-state index contributed by atoms with van der Waals surface area (Å²) in [5.41, 5.74) is -1.46. The molecule has 0 fully saturated rings. The third-order valence-corrected chi connectivity index (χ3v) is 3.50. The van der Waals surface area contributed by atoms with Crippen molar-refractivity contribution < 1.29 is 26.3 Å². The first-order valence-corrected chi connectivity index (χ1v) is 5.43. The molecule has 0 aromatic carbocycles. The summed E-state index contributed by atoms with van der Waals surface area (Å²) in [4.78, 5) is 0.311. The van der Waals surface area contributed by atoms with E-state index in [1.54, 1.807) is 0 Å². The fourth-order valence-corrected chi connectivity index (χ4v) is 2.40. The zero-order valence-corrected chi connectivity index (χ0v) is 9.22. The highest BCUT2D eigenvalue weighted by molar-refractivity contribution is 7.10. The summed E-state index contributed by atoms with van der Waals surface area (Å²) < 4.78 is 78.3. The Kier molecular flexibility index (Phi) is 2.57. The molecule has 0 amide bonds. The molecule has 7 heteroatoms. The van der Waals surface area contributed by atoms with Crippen LogP contribution in [0.1, 0.15) is 10.4 Å². The van der Waals surface area contributed by atoms with E-state index >= 15 is 0 Å². The van der Waals surface area contributed by atoms with E-state index in [0.29, 0.717) is 4.88 Å². The third kappa shape index (κ3) is 1.44. The predicted molar refractivity (Wildman–Crippen MR) is 51.9 cm³/mol. The molecule has 0 bridgehead atoms. The van der Waals surface area contributed by atoms with Crippen LogP contribution in [0.25, 0.3) is 5.57 Å². The average Bonchev–Trinajstić information content (AvgIpc) is 2.68. The zero-order valence-electron chi connectivity index (χ0n) is 8.41. The van der Waals surface area contributed by atoms with Gasteiger partial charge in [-0.3, -0.25) is 0 Å². The van der Waals surface area contributed by atoms with E-state index in [1.165, 1.54) is 12.3 Å². The van der Waals surface area contributed by atoms with Crippen LogP contribution < -0.4 is 0 Å². The Morgan fingerprint density at radius 2 is 1.82 bits per heavy atom. The van der Waals surface area contributed by atoms with Crippen LogP contribution in [0.15, 0.2) is 17.3 Å². The molecule has 0 saturated heterocycles. The maximum Gasteiger partial charge on any atom is 0.364 e. The van der Waals surface area contributed by atoms with E-state index in [0.717, 1.165) is 17.4 Å². The van der Waals surface area contributed by atoms with Crippen LogP contribution in [-0.4, -0.2) is 18.0 Å². The largest absolute Gasteiger partial charge is 0.364 e. The minimum atomic E-state index is -5.09. The molecular weight excluding hydrogens is 266 g/mol. The number of hydrogen-bond acceptors (Lipinski definition) is 1. The van der Waals surface area contributed by atoms with Gasteiger partial charge in [0.1, 0.15) is 0 Å². The molecule has 1 unspecified atom stereocenters. The first kappa shape index (κ1) is 12.5. The highest BCUT2D eigenvalue weighted by Crippen LogP contribution is 2.56. The molecule has 1 aromatic heterocycles. The summed E-state index contributed by atoms with van der Waals surface area (Å²) in [5.74, 6) is -12.5. The minimum Gasteiger partial charge on any atom is -0.235 e. The van der Waals surface area contributed by atoms with Gasteiger partial charge in [-0.05, 0) is 23.9 Å². The number of hydrogen-bond donors (Lipinski definition) is 0. The Labute approximate surface area is 96.6 Å². The second-order valence-electron chi connectivity index (χ2n) is 3.68. The van der Waals surface area contributed by atoms with Gasteiger partial charge in [-0.15, -0.1) is 11.3 Å². The molecule has 0 spiro atoms. The van der Waals surface area contributed by atoms with Gasteiger partial charge in [-0.25, -0.2) is 8.78 Å². The second-order valence-corrected chi connectivity index (χ2v) is 4.80. The van der Waals surface area contributed by atoms with E-state index in [-0.39, 0.29) is 5.56 Å². The van der Waals surface area contributed by atoms with Gasteiger partial charge in [0, 0.05) is 10.5 Å². The summed E-state index contributed by atoms with van der Waals surface area (Å²) in [5, 5.41) is 1.40. The fraction of sp³-hybridized carbons (Fsp3) is 0.400. The standard InChI is InChI=1S/C10H6F6S/c1-4-5(2-3-17-4)6-7(11)9(13,14)10(15,16)8(6)12/h2-3,7H,1H3. The van der Waals surface area contributed by atoms with Gasteiger partial charge in [0.2, 0.25) is 0 Å². The van der Waals surface area contributed by atoms with Gasteiger partial charge in [0.25, 0.3) is 0 Å². The van der Waals surface area contributed by atoms with Crippen molar-refractivity contribution >= 4 is 16.9 Å². The number of rotatable bonds is 1. The normalized spacial score (nSPS) is 26.6. The first-order valence-electron chi connectivity index (χ1n) is 4.55. The number of thiophene rings is 1. The van der Waals surface area contributed by atoms with Crippen LogP contribution in [0.4, 0.5) is 26.3 Å². The van der Waals surface area contributed by atoms with Crippen molar-refractivity contribution in [2.45, 2.75) is 24.9 Å². The second kappa shape index (κ2) is 3.51. The highest BCUT2D eigenvalue weighted by atomic mass is 32.1. The molecule has 0 radical (unpaired) electrons. The van der Waals surface area contributed by atoms with E-state index in [9.17, 15) is 26.3 Å². The molecule has 0 aliphatic heterocycles. The van der Waals surface area contributed by atoms with Crippen LogP contribution >= 0.6 is 11.3 Å². The van der Waals surface area contributed by atoms with E-state index in [4.69, 9.17) is 0 Å². The number of allylic oxidation sites excluding steroid dienone is 2. The molecule has 1 heterocycles.